The van der Waals surface area contributed by atoms with Crippen molar-refractivity contribution in [3.05, 3.63) is 34.8 Å². The zero-order chi connectivity index (χ0) is 12.5. The number of fused-ring (bicyclic) bond motifs is 1. The van der Waals surface area contributed by atoms with Gasteiger partial charge in [0.2, 0.25) is 0 Å². The number of thiazole rings is 1. The van der Waals surface area contributed by atoms with Crippen LogP contribution in [0.1, 0.15) is 5.69 Å². The lowest BCUT2D eigenvalue weighted by Crippen LogP contribution is -2.16. The summed E-state index contributed by atoms with van der Waals surface area (Å²) in [7, 11) is 1.92. The summed E-state index contributed by atoms with van der Waals surface area (Å²) >= 11 is 1.58. The van der Waals surface area contributed by atoms with E-state index in [-0.39, 0.29) is 0 Å². The average Bonchev–Trinajstić information content (AvgIpc) is 2.96. The first kappa shape index (κ1) is 11.0. The first-order valence-electron chi connectivity index (χ1n) is 5.46. The summed E-state index contributed by atoms with van der Waals surface area (Å²) in [6.07, 6.45) is 0. The standard InChI is InChI=1S/C12H12N4OS/c1-16(5-9-6-18-7-14-9)12-15-10-3-2-8(13)4-11(10)17-12/h2-4,6-7H,5,13H2,1H3. The normalized spacial score (nSPS) is 10.9. The molecule has 5 nitrogen and oxygen atoms in total. The third kappa shape index (κ3) is 2.02. The van der Waals surface area contributed by atoms with E-state index in [0.717, 1.165) is 11.2 Å². The molecule has 0 aliphatic heterocycles. The summed E-state index contributed by atoms with van der Waals surface area (Å²) in [5.74, 6) is 0. The molecule has 1 aromatic carbocycles. The van der Waals surface area contributed by atoms with Gasteiger partial charge in [0.25, 0.3) is 6.01 Å². The molecule has 2 N–H and O–H groups in total. The molecule has 0 radical (unpaired) electrons. The molecule has 18 heavy (non-hydrogen) atoms. The molecular formula is C12H12N4OS. The van der Waals surface area contributed by atoms with E-state index in [9.17, 15) is 0 Å². The molecule has 0 saturated heterocycles. The molecule has 2 heterocycles. The maximum Gasteiger partial charge on any atom is 0.298 e. The molecule has 3 aromatic rings. The largest absolute Gasteiger partial charge is 0.423 e. The first-order chi connectivity index (χ1) is 8.72. The molecule has 92 valence electrons. The molecule has 0 amide bonds. The topological polar surface area (TPSA) is 68.2 Å². The van der Waals surface area contributed by atoms with Crippen LogP contribution in [0.2, 0.25) is 0 Å². The van der Waals surface area contributed by atoms with Crippen molar-refractivity contribution in [1.82, 2.24) is 9.97 Å². The average molecular weight is 260 g/mol. The van der Waals surface area contributed by atoms with Crippen LogP contribution < -0.4 is 10.6 Å². The van der Waals surface area contributed by atoms with Gasteiger partial charge in [-0.3, -0.25) is 0 Å². The summed E-state index contributed by atoms with van der Waals surface area (Å²) in [5, 5.41) is 2.01. The van der Waals surface area contributed by atoms with E-state index in [4.69, 9.17) is 10.2 Å². The third-order valence-electron chi connectivity index (χ3n) is 2.61. The van der Waals surface area contributed by atoms with Crippen LogP contribution in [0.3, 0.4) is 0 Å². The summed E-state index contributed by atoms with van der Waals surface area (Å²) in [5.41, 5.74) is 10.7. The number of aromatic nitrogens is 2. The minimum atomic E-state index is 0.573. The Kier molecular flexibility index (Phi) is 2.64. The van der Waals surface area contributed by atoms with Crippen LogP contribution >= 0.6 is 11.3 Å². The second kappa shape index (κ2) is 4.30. The highest BCUT2D eigenvalue weighted by Gasteiger charge is 2.11. The van der Waals surface area contributed by atoms with Gasteiger partial charge in [0.05, 0.1) is 17.7 Å². The van der Waals surface area contributed by atoms with Crippen molar-refractivity contribution in [3.8, 4) is 0 Å². The molecule has 0 saturated carbocycles. The van der Waals surface area contributed by atoms with Gasteiger partial charge in [0, 0.05) is 24.2 Å². The Hall–Kier alpha value is -2.08. The minimum absolute atomic E-state index is 0.573. The molecular weight excluding hydrogens is 248 g/mol. The first-order valence-corrected chi connectivity index (χ1v) is 6.41. The Balaban J connectivity index is 1.89. The van der Waals surface area contributed by atoms with Gasteiger partial charge in [-0.25, -0.2) is 4.98 Å². The van der Waals surface area contributed by atoms with Crippen molar-refractivity contribution >= 4 is 34.1 Å². The third-order valence-corrected chi connectivity index (χ3v) is 3.25. The van der Waals surface area contributed by atoms with Gasteiger partial charge in [-0.2, -0.15) is 4.98 Å². The number of nitrogens with zero attached hydrogens (tertiary/aromatic N) is 3. The van der Waals surface area contributed by atoms with Crippen molar-refractivity contribution in [2.75, 3.05) is 17.7 Å². The van der Waals surface area contributed by atoms with Crippen LogP contribution in [0, 0.1) is 0 Å². The lowest BCUT2D eigenvalue weighted by atomic mass is 10.3. The fourth-order valence-corrected chi connectivity index (χ4v) is 2.27. The number of anilines is 2. The smallest absolute Gasteiger partial charge is 0.298 e. The van der Waals surface area contributed by atoms with Gasteiger partial charge in [0.1, 0.15) is 5.52 Å². The number of oxazole rings is 1. The predicted octanol–water partition coefficient (Wildman–Crippen LogP) is 2.50. The minimum Gasteiger partial charge on any atom is -0.423 e. The van der Waals surface area contributed by atoms with Crippen LogP contribution in [0.15, 0.2) is 33.5 Å². The number of hydrogen-bond donors (Lipinski definition) is 1. The van der Waals surface area contributed by atoms with Crippen molar-refractivity contribution in [2.24, 2.45) is 0 Å². The number of nitrogens with two attached hydrogens (primary N) is 1. The fraction of sp³-hybridized carbons (Fsp3) is 0.167. The van der Waals surface area contributed by atoms with Crippen LogP contribution in [0.25, 0.3) is 11.1 Å². The molecule has 2 aromatic heterocycles. The van der Waals surface area contributed by atoms with Crippen molar-refractivity contribution < 1.29 is 4.42 Å². The van der Waals surface area contributed by atoms with Gasteiger partial charge in [-0.05, 0) is 12.1 Å². The number of nitrogen functional groups attached to an aromatic ring is 1. The van der Waals surface area contributed by atoms with Crippen LogP contribution in [0.5, 0.6) is 0 Å². The lowest BCUT2D eigenvalue weighted by molar-refractivity contribution is 0.581. The molecule has 0 spiro atoms. The van der Waals surface area contributed by atoms with E-state index in [2.05, 4.69) is 9.97 Å². The number of hydrogen-bond acceptors (Lipinski definition) is 6. The summed E-state index contributed by atoms with van der Waals surface area (Å²) in [6.45, 7) is 0.672. The molecule has 0 aliphatic carbocycles. The molecule has 0 fully saturated rings. The quantitative estimate of drug-likeness (QED) is 0.733. The zero-order valence-electron chi connectivity index (χ0n) is 9.83. The highest BCUT2D eigenvalue weighted by molar-refractivity contribution is 7.07. The SMILES string of the molecule is CN(Cc1cscn1)c1nc2ccc(N)cc2o1. The molecule has 0 atom stereocenters. The lowest BCUT2D eigenvalue weighted by Gasteiger charge is -2.11. The summed E-state index contributed by atoms with van der Waals surface area (Å²) in [6, 6.07) is 6.02. The van der Waals surface area contributed by atoms with Crippen LogP contribution in [-0.2, 0) is 6.54 Å². The number of rotatable bonds is 3. The van der Waals surface area contributed by atoms with Crippen molar-refractivity contribution in [3.63, 3.8) is 0 Å². The van der Waals surface area contributed by atoms with E-state index in [0.29, 0.717) is 23.8 Å². The Morgan fingerprint density at radius 1 is 1.44 bits per heavy atom. The zero-order valence-corrected chi connectivity index (χ0v) is 10.6. The fourth-order valence-electron chi connectivity index (χ4n) is 1.72. The van der Waals surface area contributed by atoms with Gasteiger partial charge in [0.15, 0.2) is 5.58 Å². The van der Waals surface area contributed by atoms with E-state index >= 15 is 0 Å². The predicted molar refractivity (Wildman–Crippen MR) is 72.6 cm³/mol. The van der Waals surface area contributed by atoms with Gasteiger partial charge in [-0.1, -0.05) is 0 Å². The molecule has 0 bridgehead atoms. The van der Waals surface area contributed by atoms with Crippen LogP contribution in [0.4, 0.5) is 11.7 Å². The van der Waals surface area contributed by atoms with Gasteiger partial charge < -0.3 is 15.1 Å². The van der Waals surface area contributed by atoms with E-state index < -0.39 is 0 Å². The monoisotopic (exact) mass is 260 g/mol. The van der Waals surface area contributed by atoms with Gasteiger partial charge in [-0.15, -0.1) is 11.3 Å². The second-order valence-corrected chi connectivity index (χ2v) is 4.78. The Morgan fingerprint density at radius 2 is 2.33 bits per heavy atom. The maximum absolute atomic E-state index is 5.71. The molecule has 0 unspecified atom stereocenters. The summed E-state index contributed by atoms with van der Waals surface area (Å²) in [4.78, 5) is 10.6. The molecule has 3 rings (SSSR count). The Morgan fingerprint density at radius 3 is 3.11 bits per heavy atom. The molecule has 0 aliphatic rings. The summed E-state index contributed by atoms with van der Waals surface area (Å²) < 4.78 is 5.67. The molecule has 6 heteroatoms. The Labute approximate surface area is 108 Å². The maximum atomic E-state index is 5.71. The van der Waals surface area contributed by atoms with E-state index in [1.807, 2.05) is 35.0 Å². The van der Waals surface area contributed by atoms with Crippen molar-refractivity contribution in [1.29, 1.82) is 0 Å². The van der Waals surface area contributed by atoms with E-state index in [1.165, 1.54) is 0 Å². The van der Waals surface area contributed by atoms with Crippen molar-refractivity contribution in [2.45, 2.75) is 6.54 Å². The van der Waals surface area contributed by atoms with Gasteiger partial charge >= 0.3 is 0 Å². The highest BCUT2D eigenvalue weighted by atomic mass is 32.1. The van der Waals surface area contributed by atoms with E-state index in [1.54, 1.807) is 17.4 Å². The van der Waals surface area contributed by atoms with Crippen LogP contribution in [-0.4, -0.2) is 17.0 Å². The second-order valence-electron chi connectivity index (χ2n) is 4.06. The number of benzene rings is 1. The highest BCUT2D eigenvalue weighted by Crippen LogP contribution is 2.23. The Bertz CT molecular complexity index is 662.